The van der Waals surface area contributed by atoms with E-state index in [4.69, 9.17) is 14.2 Å². The molecule has 17 heavy (non-hydrogen) atoms. The minimum absolute atomic E-state index is 0.484. The summed E-state index contributed by atoms with van der Waals surface area (Å²) in [4.78, 5) is 22.0. The highest BCUT2D eigenvalue weighted by Gasteiger charge is 2.46. The van der Waals surface area contributed by atoms with Crippen LogP contribution in [0, 0.1) is 0 Å². The summed E-state index contributed by atoms with van der Waals surface area (Å²) in [6, 6.07) is 0. The van der Waals surface area contributed by atoms with Gasteiger partial charge in [-0.05, 0) is 6.92 Å². The van der Waals surface area contributed by atoms with Gasteiger partial charge in [0.1, 0.15) is 3.92 Å². The first-order valence-electron chi connectivity index (χ1n) is 5.15. The second kappa shape index (κ2) is 5.96. The summed E-state index contributed by atoms with van der Waals surface area (Å²) >= 11 is 1.91. The van der Waals surface area contributed by atoms with Crippen LogP contribution in [0.5, 0.6) is 0 Å². The zero-order valence-corrected chi connectivity index (χ0v) is 11.9. The zero-order valence-electron chi connectivity index (χ0n) is 9.75. The summed E-state index contributed by atoms with van der Waals surface area (Å²) in [5.74, 6) is -0.974. The van der Waals surface area contributed by atoms with Crippen LogP contribution in [-0.2, 0) is 23.8 Å². The lowest BCUT2D eigenvalue weighted by molar-refractivity contribution is -0.234. The Hall–Kier alpha value is -0.410. The van der Waals surface area contributed by atoms with E-state index in [0.717, 1.165) is 0 Å². The van der Waals surface area contributed by atoms with Gasteiger partial charge in [0.05, 0.1) is 6.10 Å². The Morgan fingerprint density at radius 2 is 1.65 bits per heavy atom. The quantitative estimate of drug-likeness (QED) is 0.437. The number of halogens is 1. The molecule has 1 heterocycles. The Morgan fingerprint density at radius 1 is 1.18 bits per heavy atom. The van der Waals surface area contributed by atoms with E-state index in [1.807, 2.05) is 22.6 Å². The molecule has 0 amide bonds. The fraction of sp³-hybridized carbons (Fsp3) is 0.800. The largest absolute Gasteiger partial charge is 0.457 e. The summed E-state index contributed by atoms with van der Waals surface area (Å²) in [5, 5.41) is 9.62. The Morgan fingerprint density at radius 3 is 2.12 bits per heavy atom. The number of carbonyl (C=O) groups excluding carboxylic acids is 2. The summed E-state index contributed by atoms with van der Waals surface area (Å²) in [7, 11) is 0. The number of aliphatic hydroxyl groups is 1. The Kier molecular flexibility index (Phi) is 5.14. The number of alkyl halides is 1. The molecule has 1 fully saturated rings. The van der Waals surface area contributed by atoms with Gasteiger partial charge in [-0.1, -0.05) is 22.6 Å². The van der Waals surface area contributed by atoms with Gasteiger partial charge >= 0.3 is 11.9 Å². The standard InChI is InChI=1S/C10H15IO6/c1-4-8(16-5(2)12)9(17-6(3)13)7(11)10(14)15-4/h4,7-10,14H,1-3H3/t4-,7+,8-,9-,10+/m1/s1. The van der Waals surface area contributed by atoms with Crippen LogP contribution in [0.4, 0.5) is 0 Å². The zero-order chi connectivity index (χ0) is 13.2. The highest BCUT2D eigenvalue weighted by Crippen LogP contribution is 2.29. The third kappa shape index (κ3) is 3.78. The van der Waals surface area contributed by atoms with Crippen molar-refractivity contribution in [3.8, 4) is 0 Å². The van der Waals surface area contributed by atoms with Crippen molar-refractivity contribution in [1.82, 2.24) is 0 Å². The van der Waals surface area contributed by atoms with Crippen molar-refractivity contribution in [2.24, 2.45) is 0 Å². The average Bonchev–Trinajstić information content (AvgIpc) is 2.19. The summed E-state index contributed by atoms with van der Waals surface area (Å²) in [5.41, 5.74) is 0. The highest BCUT2D eigenvalue weighted by molar-refractivity contribution is 14.1. The molecule has 0 bridgehead atoms. The molecule has 1 N–H and O–H groups in total. The summed E-state index contributed by atoms with van der Waals surface area (Å²) < 4.78 is 14.9. The van der Waals surface area contributed by atoms with Gasteiger partial charge < -0.3 is 19.3 Å². The Bertz CT molecular complexity index is 307. The number of ether oxygens (including phenoxy) is 3. The number of carbonyl (C=O) groups is 2. The number of hydrogen-bond donors (Lipinski definition) is 1. The Balaban J connectivity index is 2.86. The second-order valence-corrected chi connectivity index (χ2v) is 5.26. The van der Waals surface area contributed by atoms with Gasteiger partial charge in [0.15, 0.2) is 18.5 Å². The van der Waals surface area contributed by atoms with Crippen LogP contribution >= 0.6 is 22.6 Å². The van der Waals surface area contributed by atoms with Gasteiger partial charge in [0, 0.05) is 13.8 Å². The van der Waals surface area contributed by atoms with E-state index >= 15 is 0 Å². The molecule has 0 aliphatic carbocycles. The van der Waals surface area contributed by atoms with Gasteiger partial charge in [-0.2, -0.15) is 0 Å². The van der Waals surface area contributed by atoms with Gasteiger partial charge in [0.25, 0.3) is 0 Å². The minimum atomic E-state index is -1.05. The maximum absolute atomic E-state index is 11.0. The molecule has 1 aliphatic heterocycles. The van der Waals surface area contributed by atoms with E-state index in [0.29, 0.717) is 0 Å². The third-order valence-corrected chi connectivity index (χ3v) is 3.65. The number of rotatable bonds is 2. The minimum Gasteiger partial charge on any atom is -0.457 e. The van der Waals surface area contributed by atoms with Crippen molar-refractivity contribution in [2.45, 2.75) is 49.3 Å². The third-order valence-electron chi connectivity index (χ3n) is 2.33. The summed E-state index contributed by atoms with van der Waals surface area (Å²) in [6.45, 7) is 4.18. The molecule has 0 radical (unpaired) electrons. The molecule has 6 nitrogen and oxygen atoms in total. The van der Waals surface area contributed by atoms with Gasteiger partial charge in [-0.3, -0.25) is 9.59 Å². The molecule has 1 aliphatic rings. The van der Waals surface area contributed by atoms with E-state index in [1.165, 1.54) is 13.8 Å². The number of aliphatic hydroxyl groups excluding tert-OH is 1. The Labute approximate surface area is 113 Å². The molecule has 7 heteroatoms. The van der Waals surface area contributed by atoms with Gasteiger partial charge in [-0.25, -0.2) is 0 Å². The molecule has 5 atom stereocenters. The highest BCUT2D eigenvalue weighted by atomic mass is 127. The molecule has 0 spiro atoms. The van der Waals surface area contributed by atoms with Crippen LogP contribution in [0.25, 0.3) is 0 Å². The first-order valence-corrected chi connectivity index (χ1v) is 6.39. The van der Waals surface area contributed by atoms with Crippen molar-refractivity contribution in [3.63, 3.8) is 0 Å². The predicted molar refractivity (Wildman–Crippen MR) is 65.5 cm³/mol. The molecule has 1 saturated heterocycles. The average molecular weight is 358 g/mol. The van der Waals surface area contributed by atoms with Crippen molar-refractivity contribution in [1.29, 1.82) is 0 Å². The van der Waals surface area contributed by atoms with E-state index in [-0.39, 0.29) is 0 Å². The van der Waals surface area contributed by atoms with Gasteiger partial charge in [-0.15, -0.1) is 0 Å². The molecule has 0 aromatic carbocycles. The maximum Gasteiger partial charge on any atom is 0.303 e. The van der Waals surface area contributed by atoms with Crippen molar-refractivity contribution < 1.29 is 28.9 Å². The molecule has 1 rings (SSSR count). The van der Waals surface area contributed by atoms with Crippen LogP contribution in [0.1, 0.15) is 20.8 Å². The fourth-order valence-corrected chi connectivity index (χ4v) is 2.39. The lowest BCUT2D eigenvalue weighted by atomic mass is 10.0. The number of hydrogen-bond acceptors (Lipinski definition) is 6. The van der Waals surface area contributed by atoms with E-state index < -0.39 is 40.5 Å². The van der Waals surface area contributed by atoms with Crippen LogP contribution < -0.4 is 0 Å². The molecule has 0 aromatic rings. The molecule has 0 saturated carbocycles. The van der Waals surface area contributed by atoms with Crippen LogP contribution in [0.3, 0.4) is 0 Å². The summed E-state index contributed by atoms with van der Waals surface area (Å²) in [6.07, 6.45) is -3.01. The van der Waals surface area contributed by atoms with Crippen LogP contribution in [0.2, 0.25) is 0 Å². The molecule has 0 unspecified atom stereocenters. The molecular weight excluding hydrogens is 343 g/mol. The van der Waals surface area contributed by atoms with E-state index in [1.54, 1.807) is 6.92 Å². The molecule has 0 aromatic heterocycles. The predicted octanol–water partition coefficient (Wildman–Crippen LogP) is 0.390. The fourth-order valence-electron chi connectivity index (χ4n) is 1.66. The smallest absolute Gasteiger partial charge is 0.303 e. The van der Waals surface area contributed by atoms with Crippen LogP contribution in [-0.4, -0.2) is 45.6 Å². The topological polar surface area (TPSA) is 82.1 Å². The SMILES string of the molecule is CC(=O)O[C@@H]1[C@H](I)[C@@H](O)O[C@H](C)[C@H]1OC(C)=O. The van der Waals surface area contributed by atoms with E-state index in [9.17, 15) is 14.7 Å². The molecular formula is C10H15IO6. The number of esters is 2. The molecule has 98 valence electrons. The van der Waals surface area contributed by atoms with Gasteiger partial charge in [0.2, 0.25) is 0 Å². The lowest BCUT2D eigenvalue weighted by Gasteiger charge is -2.40. The second-order valence-electron chi connectivity index (χ2n) is 3.82. The van der Waals surface area contributed by atoms with Crippen molar-refractivity contribution >= 4 is 34.5 Å². The van der Waals surface area contributed by atoms with Crippen molar-refractivity contribution in [2.75, 3.05) is 0 Å². The van der Waals surface area contributed by atoms with E-state index in [2.05, 4.69) is 0 Å². The maximum atomic E-state index is 11.0. The monoisotopic (exact) mass is 358 g/mol. The van der Waals surface area contributed by atoms with Crippen molar-refractivity contribution in [3.05, 3.63) is 0 Å². The lowest BCUT2D eigenvalue weighted by Crippen LogP contribution is -2.57. The first kappa shape index (κ1) is 14.7. The first-order chi connectivity index (χ1) is 7.82. The normalized spacial score (nSPS) is 37.4. The van der Waals surface area contributed by atoms with Crippen LogP contribution in [0.15, 0.2) is 0 Å².